The Bertz CT molecular complexity index is 850. The summed E-state index contributed by atoms with van der Waals surface area (Å²) in [5, 5.41) is 0. The van der Waals surface area contributed by atoms with Crippen LogP contribution in [0, 0.1) is 23.2 Å². The van der Waals surface area contributed by atoms with Gasteiger partial charge in [-0.25, -0.2) is 9.37 Å². The fourth-order valence-electron chi connectivity index (χ4n) is 2.41. The van der Waals surface area contributed by atoms with Crippen LogP contribution in [0.25, 0.3) is 16.7 Å². The smallest absolute Gasteiger partial charge is 0.205 e. The van der Waals surface area contributed by atoms with Crippen LogP contribution in [0.1, 0.15) is 11.1 Å². The first-order valence-electron chi connectivity index (χ1n) is 6.28. The van der Waals surface area contributed by atoms with Crippen molar-refractivity contribution in [3.05, 3.63) is 49.3 Å². The number of hydrogen-bond acceptors (Lipinski definition) is 2. The van der Waals surface area contributed by atoms with Crippen molar-refractivity contribution in [2.24, 2.45) is 0 Å². The molecule has 108 valence electrons. The number of hydrogen-bond donors (Lipinski definition) is 1. The molecule has 0 aliphatic rings. The van der Waals surface area contributed by atoms with E-state index in [2.05, 4.69) is 20.9 Å². The van der Waals surface area contributed by atoms with E-state index in [1.54, 1.807) is 10.6 Å². The molecule has 3 rings (SSSR count). The second-order valence-electron chi connectivity index (χ2n) is 4.95. The van der Waals surface area contributed by atoms with E-state index in [-0.39, 0.29) is 5.82 Å². The van der Waals surface area contributed by atoms with Gasteiger partial charge in [-0.1, -0.05) is 15.9 Å². The lowest BCUT2D eigenvalue weighted by Crippen LogP contribution is -2.02. The zero-order valence-electron chi connectivity index (χ0n) is 11.4. The van der Waals surface area contributed by atoms with Crippen molar-refractivity contribution in [3.8, 4) is 5.69 Å². The molecule has 2 N–H and O–H groups in total. The van der Waals surface area contributed by atoms with Crippen LogP contribution in [0.5, 0.6) is 0 Å². The van der Waals surface area contributed by atoms with Crippen molar-refractivity contribution in [1.82, 2.24) is 9.55 Å². The first-order chi connectivity index (χ1) is 9.88. The predicted molar refractivity (Wildman–Crippen MR) is 95.3 cm³/mol. The highest BCUT2D eigenvalue weighted by atomic mass is 127. The molecule has 0 unspecified atom stereocenters. The Morgan fingerprint density at radius 2 is 1.81 bits per heavy atom. The van der Waals surface area contributed by atoms with Crippen molar-refractivity contribution >= 4 is 55.5 Å². The van der Waals surface area contributed by atoms with Gasteiger partial charge < -0.3 is 5.73 Å². The molecule has 0 amide bonds. The molecule has 0 bridgehead atoms. The molecule has 1 heterocycles. The Balaban J connectivity index is 2.34. The fraction of sp³-hybridized carbons (Fsp3) is 0.133. The molecule has 0 aliphatic heterocycles. The molecule has 0 aliphatic carbocycles. The molecular formula is C15H12BrFIN3. The lowest BCUT2D eigenvalue weighted by atomic mass is 10.1. The quantitative estimate of drug-likeness (QED) is 0.534. The summed E-state index contributed by atoms with van der Waals surface area (Å²) in [6.07, 6.45) is 0. The number of nitrogen functional groups attached to an aromatic ring is 1. The van der Waals surface area contributed by atoms with Gasteiger partial charge in [0.2, 0.25) is 5.95 Å². The minimum absolute atomic E-state index is 0.269. The number of anilines is 1. The molecule has 6 heteroatoms. The average Bonchev–Trinajstić information content (AvgIpc) is 2.71. The summed E-state index contributed by atoms with van der Waals surface area (Å²) < 4.78 is 17.3. The molecule has 0 fully saturated rings. The number of aromatic nitrogens is 2. The number of rotatable bonds is 1. The lowest BCUT2D eigenvalue weighted by molar-refractivity contribution is 0.622. The zero-order chi connectivity index (χ0) is 15.3. The first kappa shape index (κ1) is 14.8. The summed E-state index contributed by atoms with van der Waals surface area (Å²) in [6.45, 7) is 4.03. The molecule has 2 aromatic carbocycles. The highest BCUT2D eigenvalue weighted by Gasteiger charge is 2.14. The van der Waals surface area contributed by atoms with Gasteiger partial charge in [0.15, 0.2) is 0 Å². The molecule has 1 aromatic heterocycles. The number of imidazole rings is 1. The Labute approximate surface area is 143 Å². The summed E-state index contributed by atoms with van der Waals surface area (Å²) in [5.41, 5.74) is 10.5. The third kappa shape index (κ3) is 2.44. The summed E-state index contributed by atoms with van der Waals surface area (Å²) in [6, 6.07) is 7.19. The summed E-state index contributed by atoms with van der Waals surface area (Å²) in [5.74, 6) is 0.0855. The molecule has 0 saturated carbocycles. The van der Waals surface area contributed by atoms with Crippen molar-refractivity contribution in [2.75, 3.05) is 5.73 Å². The number of nitrogens with two attached hydrogens (primary N) is 1. The third-order valence-corrected chi connectivity index (χ3v) is 5.48. The number of fused-ring (bicyclic) bond motifs is 1. The molecule has 0 saturated heterocycles. The Kier molecular flexibility index (Phi) is 3.69. The molecule has 0 radical (unpaired) electrons. The van der Waals surface area contributed by atoms with Gasteiger partial charge in [-0.3, -0.25) is 4.57 Å². The third-order valence-electron chi connectivity index (χ3n) is 3.40. The zero-order valence-corrected chi connectivity index (χ0v) is 15.2. The molecule has 3 aromatic rings. The van der Waals surface area contributed by atoms with Gasteiger partial charge in [-0.15, -0.1) is 0 Å². The van der Waals surface area contributed by atoms with E-state index < -0.39 is 0 Å². The van der Waals surface area contributed by atoms with Crippen molar-refractivity contribution in [1.29, 1.82) is 0 Å². The van der Waals surface area contributed by atoms with Crippen molar-refractivity contribution in [3.63, 3.8) is 0 Å². The van der Waals surface area contributed by atoms with Crippen LogP contribution in [0.4, 0.5) is 10.3 Å². The van der Waals surface area contributed by atoms with Gasteiger partial charge in [-0.05, 0) is 65.8 Å². The van der Waals surface area contributed by atoms with Crippen LogP contribution >= 0.6 is 38.5 Å². The van der Waals surface area contributed by atoms with Gasteiger partial charge in [0.05, 0.1) is 14.6 Å². The van der Waals surface area contributed by atoms with Gasteiger partial charge >= 0.3 is 0 Å². The molecule has 0 spiro atoms. The maximum absolute atomic E-state index is 13.9. The summed E-state index contributed by atoms with van der Waals surface area (Å²) >= 11 is 5.50. The fourth-order valence-corrected chi connectivity index (χ4v) is 3.09. The first-order valence-corrected chi connectivity index (χ1v) is 8.15. The maximum Gasteiger partial charge on any atom is 0.205 e. The van der Waals surface area contributed by atoms with Crippen LogP contribution in [0.2, 0.25) is 0 Å². The minimum atomic E-state index is -0.269. The van der Waals surface area contributed by atoms with Crippen LogP contribution in [-0.2, 0) is 0 Å². The maximum atomic E-state index is 13.9. The van der Waals surface area contributed by atoms with E-state index in [1.165, 1.54) is 6.07 Å². The van der Waals surface area contributed by atoms with Crippen molar-refractivity contribution in [2.45, 2.75) is 13.8 Å². The summed E-state index contributed by atoms with van der Waals surface area (Å²) in [4.78, 5) is 4.33. The SMILES string of the molecule is Cc1cc(-n2c(N)nc3cc(I)c(F)cc32)cc(C)c1Br. The monoisotopic (exact) mass is 459 g/mol. The van der Waals surface area contributed by atoms with Crippen LogP contribution in [-0.4, -0.2) is 9.55 Å². The molecule has 21 heavy (non-hydrogen) atoms. The molecule has 3 nitrogen and oxygen atoms in total. The standard InChI is InChI=1S/C15H12BrFIN3/c1-7-3-9(4-8(2)14(7)16)21-13-5-10(17)11(18)6-12(13)20-15(21)19/h3-6H,1-2H3,(H2,19,20). The number of nitrogens with zero attached hydrogens (tertiary/aromatic N) is 2. The highest BCUT2D eigenvalue weighted by molar-refractivity contribution is 14.1. The average molecular weight is 460 g/mol. The van der Waals surface area contributed by atoms with E-state index >= 15 is 0 Å². The predicted octanol–water partition coefficient (Wildman–Crippen LogP) is 4.73. The Hall–Kier alpha value is -1.15. The molecular weight excluding hydrogens is 448 g/mol. The van der Waals surface area contributed by atoms with Gasteiger partial charge in [-0.2, -0.15) is 0 Å². The Morgan fingerprint density at radius 1 is 1.19 bits per heavy atom. The van der Waals surface area contributed by atoms with Crippen LogP contribution < -0.4 is 5.73 Å². The summed E-state index contributed by atoms with van der Waals surface area (Å²) in [7, 11) is 0. The number of benzene rings is 2. The van der Waals surface area contributed by atoms with E-state index in [0.29, 0.717) is 20.6 Å². The second kappa shape index (κ2) is 5.24. The van der Waals surface area contributed by atoms with Crippen LogP contribution in [0.3, 0.4) is 0 Å². The number of halogens is 3. The largest absolute Gasteiger partial charge is 0.369 e. The Morgan fingerprint density at radius 3 is 2.43 bits per heavy atom. The van der Waals surface area contributed by atoms with Gasteiger partial charge in [0, 0.05) is 16.2 Å². The van der Waals surface area contributed by atoms with Crippen LogP contribution in [0.15, 0.2) is 28.7 Å². The highest BCUT2D eigenvalue weighted by Crippen LogP contribution is 2.30. The number of aryl methyl sites for hydroxylation is 2. The van der Waals surface area contributed by atoms with E-state index in [1.807, 2.05) is 48.6 Å². The normalized spacial score (nSPS) is 11.3. The van der Waals surface area contributed by atoms with Crippen molar-refractivity contribution < 1.29 is 4.39 Å². The minimum Gasteiger partial charge on any atom is -0.369 e. The van der Waals surface area contributed by atoms with E-state index in [4.69, 9.17) is 5.73 Å². The second-order valence-corrected chi connectivity index (χ2v) is 6.91. The van der Waals surface area contributed by atoms with Gasteiger partial charge in [0.1, 0.15) is 5.82 Å². The topological polar surface area (TPSA) is 43.8 Å². The lowest BCUT2D eigenvalue weighted by Gasteiger charge is -2.11. The van der Waals surface area contributed by atoms with Gasteiger partial charge in [0.25, 0.3) is 0 Å². The molecule has 0 atom stereocenters. The van der Waals surface area contributed by atoms with E-state index in [0.717, 1.165) is 21.3 Å². The van der Waals surface area contributed by atoms with E-state index in [9.17, 15) is 4.39 Å².